The van der Waals surface area contributed by atoms with Crippen molar-refractivity contribution in [2.24, 2.45) is 4.36 Å². The molecule has 1 unspecified atom stereocenters. The molecule has 1 N–H and O–H groups in total. The van der Waals surface area contributed by atoms with Crippen molar-refractivity contribution in [3.05, 3.63) is 60.7 Å². The number of hydrogen-bond donors (Lipinski definition) is 1. The van der Waals surface area contributed by atoms with Gasteiger partial charge in [-0.2, -0.15) is 4.36 Å². The van der Waals surface area contributed by atoms with E-state index in [0.717, 1.165) is 23.4 Å². The van der Waals surface area contributed by atoms with Crippen molar-refractivity contribution < 1.29 is 4.21 Å². The molecule has 0 aliphatic heterocycles. The molecule has 0 fully saturated rings. The van der Waals surface area contributed by atoms with Crippen LogP contribution in [0.2, 0.25) is 0 Å². The lowest BCUT2D eigenvalue weighted by atomic mass is 10.2. The molecule has 0 saturated heterocycles. The summed E-state index contributed by atoms with van der Waals surface area (Å²) in [5.74, 6) is 0. The Hall–Kier alpha value is -1.65. The molecule has 2 rings (SSSR count). The lowest BCUT2D eigenvalue weighted by molar-refractivity contribution is 0.636. The van der Waals surface area contributed by atoms with Crippen molar-refractivity contribution in [3.63, 3.8) is 0 Å². The monoisotopic (exact) mass is 316 g/mol. The third-order valence-corrected chi connectivity index (χ3v) is 5.36. The van der Waals surface area contributed by atoms with Gasteiger partial charge in [-0.15, -0.1) is 0 Å². The Bertz CT molecular complexity index is 662. The van der Waals surface area contributed by atoms with Crippen LogP contribution in [0.25, 0.3) is 0 Å². The smallest absolute Gasteiger partial charge is 0.142 e. The summed E-state index contributed by atoms with van der Waals surface area (Å²) in [5.41, 5.74) is 0.734. The standard InChI is InChI=1S/C18H24N2OS/c1-2-3-4-11-16-19-22(21,18-14-9-6-10-15-18)20-17-12-7-5-8-13-17/h5-10,12-15H,2-4,11,16H2,1H3,(H,19,20,21). The molecular formula is C18H24N2OS. The number of unbranched alkanes of at least 4 members (excludes halogenated alkanes) is 3. The number of nitrogens with one attached hydrogen (secondary N) is 1. The minimum atomic E-state index is -2.63. The SMILES string of the molecule is CCCCCCNS(=O)(=Nc1ccccc1)c1ccccc1. The number of nitrogens with zero attached hydrogens (tertiary/aromatic N) is 1. The van der Waals surface area contributed by atoms with Crippen LogP contribution in [0, 0.1) is 0 Å². The Balaban J connectivity index is 2.22. The Morgan fingerprint density at radius 2 is 1.55 bits per heavy atom. The van der Waals surface area contributed by atoms with E-state index in [0.29, 0.717) is 6.54 Å². The highest BCUT2D eigenvalue weighted by molar-refractivity contribution is 7.91. The first-order valence-electron chi connectivity index (χ1n) is 7.86. The molecule has 0 aromatic heterocycles. The fraction of sp³-hybridized carbons (Fsp3) is 0.333. The maximum Gasteiger partial charge on any atom is 0.142 e. The van der Waals surface area contributed by atoms with E-state index in [1.807, 2.05) is 60.7 Å². The molecule has 118 valence electrons. The van der Waals surface area contributed by atoms with Crippen LogP contribution in [0.3, 0.4) is 0 Å². The fourth-order valence-electron chi connectivity index (χ4n) is 2.17. The van der Waals surface area contributed by atoms with Gasteiger partial charge in [0, 0.05) is 6.54 Å². The Morgan fingerprint density at radius 3 is 2.18 bits per heavy atom. The van der Waals surface area contributed by atoms with E-state index in [1.54, 1.807) is 0 Å². The van der Waals surface area contributed by atoms with Gasteiger partial charge >= 0.3 is 0 Å². The highest BCUT2D eigenvalue weighted by Gasteiger charge is 2.11. The van der Waals surface area contributed by atoms with Crippen LogP contribution in [0.1, 0.15) is 32.6 Å². The summed E-state index contributed by atoms with van der Waals surface area (Å²) in [6, 6.07) is 19.0. The van der Waals surface area contributed by atoms with Crippen LogP contribution < -0.4 is 4.72 Å². The molecule has 0 spiro atoms. The molecule has 0 saturated carbocycles. The highest BCUT2D eigenvalue weighted by atomic mass is 32.2. The third-order valence-electron chi connectivity index (χ3n) is 3.38. The van der Waals surface area contributed by atoms with Gasteiger partial charge < -0.3 is 0 Å². The second kappa shape index (κ2) is 8.71. The predicted molar refractivity (Wildman–Crippen MR) is 93.5 cm³/mol. The normalized spacial score (nSPS) is 13.5. The number of rotatable bonds is 8. The van der Waals surface area contributed by atoms with Gasteiger partial charge in [0.25, 0.3) is 0 Å². The maximum absolute atomic E-state index is 13.3. The zero-order valence-corrected chi connectivity index (χ0v) is 13.9. The van der Waals surface area contributed by atoms with E-state index >= 15 is 0 Å². The zero-order valence-electron chi connectivity index (χ0n) is 13.1. The van der Waals surface area contributed by atoms with Crippen molar-refractivity contribution in [1.29, 1.82) is 0 Å². The minimum absolute atomic E-state index is 0.712. The van der Waals surface area contributed by atoms with E-state index in [4.69, 9.17) is 0 Å². The van der Waals surface area contributed by atoms with E-state index in [9.17, 15) is 4.21 Å². The molecule has 0 radical (unpaired) electrons. The van der Waals surface area contributed by atoms with E-state index < -0.39 is 9.92 Å². The molecule has 1 atom stereocenters. The second-order valence-corrected chi connectivity index (χ2v) is 7.22. The van der Waals surface area contributed by atoms with Crippen molar-refractivity contribution in [1.82, 2.24) is 4.72 Å². The number of hydrogen-bond acceptors (Lipinski definition) is 2. The molecule has 2 aromatic rings. The van der Waals surface area contributed by atoms with Crippen LogP contribution in [-0.2, 0) is 9.92 Å². The first kappa shape index (κ1) is 16.7. The summed E-state index contributed by atoms with van der Waals surface area (Å²) in [4.78, 5) is 0.731. The minimum Gasteiger partial charge on any atom is -0.228 e. The van der Waals surface area contributed by atoms with Gasteiger partial charge in [0.1, 0.15) is 9.92 Å². The Labute approximate surface area is 134 Å². The molecule has 0 aliphatic rings. The van der Waals surface area contributed by atoms with Gasteiger partial charge in [0.15, 0.2) is 0 Å². The van der Waals surface area contributed by atoms with Crippen LogP contribution in [0.15, 0.2) is 69.9 Å². The van der Waals surface area contributed by atoms with Gasteiger partial charge in [-0.25, -0.2) is 8.93 Å². The topological polar surface area (TPSA) is 41.5 Å². The molecule has 3 nitrogen and oxygen atoms in total. The molecule has 0 amide bonds. The molecular weight excluding hydrogens is 292 g/mol. The summed E-state index contributed by atoms with van der Waals surface area (Å²) < 4.78 is 21.0. The van der Waals surface area contributed by atoms with Crippen LogP contribution in [0.4, 0.5) is 5.69 Å². The predicted octanol–water partition coefficient (Wildman–Crippen LogP) is 4.93. The third kappa shape index (κ3) is 4.97. The second-order valence-electron chi connectivity index (χ2n) is 5.22. The van der Waals surface area contributed by atoms with Crippen molar-refractivity contribution in [3.8, 4) is 0 Å². The van der Waals surface area contributed by atoms with Crippen LogP contribution >= 0.6 is 0 Å². The molecule has 0 aliphatic carbocycles. The van der Waals surface area contributed by atoms with E-state index in [1.165, 1.54) is 12.8 Å². The van der Waals surface area contributed by atoms with Gasteiger partial charge in [0.05, 0.1) is 10.6 Å². The summed E-state index contributed by atoms with van der Waals surface area (Å²) in [6.45, 7) is 2.90. The fourth-order valence-corrected chi connectivity index (χ4v) is 3.88. The number of benzene rings is 2. The van der Waals surface area contributed by atoms with E-state index in [2.05, 4.69) is 16.0 Å². The first-order valence-corrected chi connectivity index (χ1v) is 9.38. The molecule has 4 heteroatoms. The highest BCUT2D eigenvalue weighted by Crippen LogP contribution is 2.19. The largest absolute Gasteiger partial charge is 0.228 e. The average Bonchev–Trinajstić information content (AvgIpc) is 2.56. The van der Waals surface area contributed by atoms with Crippen LogP contribution in [-0.4, -0.2) is 10.8 Å². The summed E-state index contributed by atoms with van der Waals surface area (Å²) in [7, 11) is -2.63. The van der Waals surface area contributed by atoms with Gasteiger partial charge in [-0.1, -0.05) is 62.6 Å². The van der Waals surface area contributed by atoms with Gasteiger partial charge in [-0.05, 0) is 30.7 Å². The first-order chi connectivity index (χ1) is 10.7. The summed E-state index contributed by atoms with van der Waals surface area (Å²) in [5, 5.41) is 0. The molecule has 0 bridgehead atoms. The molecule has 0 heterocycles. The molecule has 2 aromatic carbocycles. The Morgan fingerprint density at radius 1 is 0.909 bits per heavy atom. The van der Waals surface area contributed by atoms with Gasteiger partial charge in [0.2, 0.25) is 0 Å². The summed E-state index contributed by atoms with van der Waals surface area (Å²) >= 11 is 0. The van der Waals surface area contributed by atoms with Crippen molar-refractivity contribution in [2.75, 3.05) is 6.54 Å². The Kier molecular flexibility index (Phi) is 6.62. The van der Waals surface area contributed by atoms with Gasteiger partial charge in [-0.3, -0.25) is 0 Å². The zero-order chi connectivity index (χ0) is 15.7. The quantitative estimate of drug-likeness (QED) is 0.689. The molecule has 22 heavy (non-hydrogen) atoms. The summed E-state index contributed by atoms with van der Waals surface area (Å²) in [6.07, 6.45) is 4.58. The lowest BCUT2D eigenvalue weighted by Gasteiger charge is -2.12. The average molecular weight is 316 g/mol. The van der Waals surface area contributed by atoms with E-state index in [-0.39, 0.29) is 0 Å². The van der Waals surface area contributed by atoms with Crippen molar-refractivity contribution in [2.45, 2.75) is 37.5 Å². The lowest BCUT2D eigenvalue weighted by Crippen LogP contribution is -2.24. The maximum atomic E-state index is 13.3. The van der Waals surface area contributed by atoms with Crippen LogP contribution in [0.5, 0.6) is 0 Å². The van der Waals surface area contributed by atoms with Crippen molar-refractivity contribution >= 4 is 15.6 Å².